The van der Waals surface area contributed by atoms with Gasteiger partial charge in [-0.1, -0.05) is 11.6 Å². The number of alkyl halides is 1. The predicted molar refractivity (Wildman–Crippen MR) is 40.8 cm³/mol. The number of hydrogen-bond acceptors (Lipinski definition) is 3. The third-order valence-electron chi connectivity index (χ3n) is 1.15. The minimum Gasteiger partial charge on any atom is -0.569 e. The van der Waals surface area contributed by atoms with Crippen molar-refractivity contribution in [3.63, 3.8) is 0 Å². The van der Waals surface area contributed by atoms with E-state index in [1.807, 2.05) is 13.8 Å². The zero-order valence-corrected chi connectivity index (χ0v) is 7.41. The molecule has 0 aliphatic rings. The van der Waals surface area contributed by atoms with Crippen molar-refractivity contribution in [1.82, 2.24) is 5.01 Å². The van der Waals surface area contributed by atoms with Crippen LogP contribution in [0.1, 0.15) is 13.8 Å². The predicted octanol–water partition coefficient (Wildman–Crippen LogP) is 1.33. The summed E-state index contributed by atoms with van der Waals surface area (Å²) in [4.78, 5) is 4.73. The first-order chi connectivity index (χ1) is 5.26. The zero-order chi connectivity index (χ0) is 8.69. The van der Waals surface area contributed by atoms with Crippen LogP contribution in [-0.4, -0.2) is 29.1 Å². The highest BCUT2D eigenvalue weighted by atomic mass is 35.5. The maximum absolute atomic E-state index is 10.9. The molecule has 0 N–H and O–H groups in total. The molecule has 0 heterocycles. The Morgan fingerprint density at radius 2 is 2.09 bits per heavy atom. The van der Waals surface area contributed by atoms with E-state index in [4.69, 9.17) is 11.6 Å². The Morgan fingerprint density at radius 1 is 1.55 bits per heavy atom. The second-order valence-electron chi connectivity index (χ2n) is 1.71. The summed E-state index contributed by atoms with van der Waals surface area (Å²) >= 11 is 5.14. The SMILES string of the molecule is CCN(CC)[N+]([O-])=NOCCl. The highest BCUT2D eigenvalue weighted by molar-refractivity contribution is 6.17. The number of hydrogen-bond donors (Lipinski definition) is 0. The van der Waals surface area contributed by atoms with Gasteiger partial charge in [0.1, 0.15) is 0 Å². The molecule has 0 aromatic rings. The molecule has 0 aromatic carbocycles. The third kappa shape index (κ3) is 3.87. The maximum Gasteiger partial charge on any atom is 0.234 e. The molecular formula is C5H12ClN3O2. The average molecular weight is 182 g/mol. The van der Waals surface area contributed by atoms with Crippen molar-refractivity contribution in [1.29, 1.82) is 0 Å². The van der Waals surface area contributed by atoms with Gasteiger partial charge < -0.3 is 10.0 Å². The lowest BCUT2D eigenvalue weighted by Gasteiger charge is -2.12. The van der Waals surface area contributed by atoms with Crippen molar-refractivity contribution in [2.45, 2.75) is 13.8 Å². The van der Waals surface area contributed by atoms with Crippen LogP contribution in [0.5, 0.6) is 0 Å². The number of nitrogens with zero attached hydrogens (tertiary/aromatic N) is 3. The molecule has 0 spiro atoms. The monoisotopic (exact) mass is 181 g/mol. The molecule has 66 valence electrons. The van der Waals surface area contributed by atoms with Crippen LogP contribution in [0.3, 0.4) is 0 Å². The largest absolute Gasteiger partial charge is 0.569 e. The van der Waals surface area contributed by atoms with Crippen LogP contribution in [0, 0.1) is 5.21 Å². The number of rotatable bonds is 5. The first-order valence-electron chi connectivity index (χ1n) is 3.37. The van der Waals surface area contributed by atoms with Gasteiger partial charge in [-0.3, -0.25) is 0 Å². The maximum atomic E-state index is 10.9. The molecule has 0 fully saturated rings. The lowest BCUT2D eigenvalue weighted by atomic mass is 10.6. The molecule has 0 aliphatic heterocycles. The van der Waals surface area contributed by atoms with Gasteiger partial charge in [-0.2, -0.15) is 0 Å². The summed E-state index contributed by atoms with van der Waals surface area (Å²) in [6, 6.07) is -0.111. The van der Waals surface area contributed by atoms with E-state index in [-0.39, 0.29) is 6.07 Å². The van der Waals surface area contributed by atoms with Gasteiger partial charge >= 0.3 is 0 Å². The van der Waals surface area contributed by atoms with Crippen LogP contribution in [-0.2, 0) is 4.84 Å². The Kier molecular flexibility index (Phi) is 5.64. The van der Waals surface area contributed by atoms with Gasteiger partial charge in [-0.15, -0.1) is 5.01 Å². The van der Waals surface area contributed by atoms with Crippen LogP contribution in [0.15, 0.2) is 5.28 Å². The zero-order valence-electron chi connectivity index (χ0n) is 6.66. The van der Waals surface area contributed by atoms with Crippen molar-refractivity contribution in [3.05, 3.63) is 5.21 Å². The summed E-state index contributed by atoms with van der Waals surface area (Å²) in [5.41, 5.74) is 0. The molecule has 0 saturated carbocycles. The fourth-order valence-electron chi connectivity index (χ4n) is 0.588. The molecule has 0 saturated heterocycles. The Morgan fingerprint density at radius 3 is 2.45 bits per heavy atom. The van der Waals surface area contributed by atoms with E-state index < -0.39 is 0 Å². The Bertz CT molecular complexity index is 127. The number of halogens is 1. The first-order valence-corrected chi connectivity index (χ1v) is 3.90. The fourth-order valence-corrected chi connectivity index (χ4v) is 0.632. The van der Waals surface area contributed by atoms with E-state index in [0.717, 1.165) is 0 Å². The molecule has 0 rings (SSSR count). The molecule has 0 atom stereocenters. The van der Waals surface area contributed by atoms with E-state index >= 15 is 0 Å². The summed E-state index contributed by atoms with van der Waals surface area (Å²) in [6.07, 6.45) is 0. The van der Waals surface area contributed by atoms with Gasteiger partial charge in [0.15, 0.2) is 6.07 Å². The molecular weight excluding hydrogens is 170 g/mol. The van der Waals surface area contributed by atoms with E-state index in [9.17, 15) is 5.21 Å². The minimum atomic E-state index is -0.111. The molecule has 0 bridgehead atoms. The molecule has 0 aliphatic carbocycles. The Balaban J connectivity index is 3.85. The van der Waals surface area contributed by atoms with E-state index in [1.54, 1.807) is 0 Å². The van der Waals surface area contributed by atoms with Crippen LogP contribution in [0.4, 0.5) is 0 Å². The summed E-state index contributed by atoms with van der Waals surface area (Å²) < 4.78 is 0. The van der Waals surface area contributed by atoms with Gasteiger partial charge in [0, 0.05) is 0 Å². The molecule has 0 amide bonds. The molecule has 11 heavy (non-hydrogen) atoms. The Labute approximate surface area is 70.7 Å². The van der Waals surface area contributed by atoms with Crippen molar-refractivity contribution in [3.8, 4) is 0 Å². The van der Waals surface area contributed by atoms with Gasteiger partial charge in [0.2, 0.25) is 5.28 Å². The van der Waals surface area contributed by atoms with E-state index in [1.165, 1.54) is 5.01 Å². The second-order valence-corrected chi connectivity index (χ2v) is 1.93. The van der Waals surface area contributed by atoms with Crippen LogP contribution >= 0.6 is 11.6 Å². The summed E-state index contributed by atoms with van der Waals surface area (Å²) in [5.74, 6) is 0. The average Bonchev–Trinajstić information content (AvgIpc) is 2.03. The van der Waals surface area contributed by atoms with Crippen LogP contribution < -0.4 is 0 Å². The molecule has 0 unspecified atom stereocenters. The van der Waals surface area contributed by atoms with Crippen molar-refractivity contribution >= 4 is 11.6 Å². The molecule has 0 aromatic heterocycles. The molecule has 0 radical (unpaired) electrons. The van der Waals surface area contributed by atoms with Gasteiger partial charge in [-0.05, 0) is 13.8 Å². The van der Waals surface area contributed by atoms with Crippen molar-refractivity contribution < 1.29 is 9.81 Å². The molecule has 6 heteroatoms. The lowest BCUT2D eigenvalue weighted by molar-refractivity contribution is -0.709. The van der Waals surface area contributed by atoms with E-state index in [0.29, 0.717) is 18.1 Å². The number of hydrazine groups is 1. The standard InChI is InChI=1S/C5H12ClN3O2/c1-3-8(4-2)9(10)7-11-5-6/h3-5H2,1-2H3. The van der Waals surface area contributed by atoms with Gasteiger partial charge in [-0.25, -0.2) is 0 Å². The summed E-state index contributed by atoms with van der Waals surface area (Å²) in [6.45, 7) is 4.89. The van der Waals surface area contributed by atoms with Crippen molar-refractivity contribution in [2.75, 3.05) is 19.2 Å². The third-order valence-corrected chi connectivity index (χ3v) is 1.25. The van der Waals surface area contributed by atoms with Gasteiger partial charge in [0.25, 0.3) is 0 Å². The van der Waals surface area contributed by atoms with Crippen LogP contribution in [0.25, 0.3) is 0 Å². The van der Waals surface area contributed by atoms with Crippen molar-refractivity contribution in [2.24, 2.45) is 5.28 Å². The molecule has 5 nitrogen and oxygen atoms in total. The second kappa shape index (κ2) is 6.03. The first kappa shape index (κ1) is 10.3. The van der Waals surface area contributed by atoms with Crippen LogP contribution in [0.2, 0.25) is 0 Å². The van der Waals surface area contributed by atoms with E-state index in [2.05, 4.69) is 10.1 Å². The highest BCUT2D eigenvalue weighted by Gasteiger charge is 2.05. The lowest BCUT2D eigenvalue weighted by Crippen LogP contribution is -2.30. The fraction of sp³-hybridized carbons (Fsp3) is 1.00. The summed E-state index contributed by atoms with van der Waals surface area (Å²) in [7, 11) is 0. The smallest absolute Gasteiger partial charge is 0.234 e. The highest BCUT2D eigenvalue weighted by Crippen LogP contribution is 1.90. The summed E-state index contributed by atoms with van der Waals surface area (Å²) in [5, 5.41) is 15.5. The quantitative estimate of drug-likeness (QED) is 0.278. The Hall–Kier alpha value is -0.710. The minimum absolute atomic E-state index is 0.111. The topological polar surface area (TPSA) is 50.9 Å². The van der Waals surface area contributed by atoms with Gasteiger partial charge in [0.05, 0.1) is 18.1 Å². The normalized spacial score (nSPS) is 11.4.